The van der Waals surface area contributed by atoms with Gasteiger partial charge in [-0.1, -0.05) is 88.4 Å². The fraction of sp³-hybridized carbons (Fsp3) is 0.519. The van der Waals surface area contributed by atoms with Gasteiger partial charge in [-0.2, -0.15) is 8.61 Å². The number of nitrogens with zero attached hydrogens (tertiary/aromatic N) is 3. The summed E-state index contributed by atoms with van der Waals surface area (Å²) in [7, 11) is -7.89. The molecule has 10 atom stereocenters. The van der Waals surface area contributed by atoms with Gasteiger partial charge in [-0.25, -0.2) is 26.4 Å². The van der Waals surface area contributed by atoms with Crippen molar-refractivity contribution in [2.75, 3.05) is 58.3 Å². The molecule has 4 saturated heterocycles. The molecule has 78 heavy (non-hydrogen) atoms. The third-order valence-corrected chi connectivity index (χ3v) is 17.6. The Hall–Kier alpha value is -5.80. The Balaban J connectivity index is 0.000000226. The van der Waals surface area contributed by atoms with Crippen LogP contribution in [0.5, 0.6) is 0 Å². The van der Waals surface area contributed by atoms with E-state index in [1.807, 2.05) is 88.4 Å². The molecule has 4 aliphatic rings. The molecular formula is C54H74N8O14S2. The van der Waals surface area contributed by atoms with Crippen LogP contribution in [0.25, 0.3) is 0 Å². The molecule has 4 heterocycles. The van der Waals surface area contributed by atoms with Gasteiger partial charge in [0.15, 0.2) is 12.6 Å². The van der Waals surface area contributed by atoms with E-state index >= 15 is 0 Å². The second kappa shape index (κ2) is 27.4. The number of hydrogen-bond acceptors (Lipinski definition) is 17. The van der Waals surface area contributed by atoms with E-state index < -0.39 is 73.5 Å². The zero-order valence-corrected chi connectivity index (χ0v) is 46.0. The Morgan fingerprint density at radius 1 is 0.615 bits per heavy atom. The highest BCUT2D eigenvalue weighted by molar-refractivity contribution is 7.89. The lowest BCUT2D eigenvalue weighted by Gasteiger charge is -2.31. The SMILES string of the molecule is CC(C)CN(C[C@@H](N)[C@H](Cc1ccccc1)NC(=O)OC1CO[C@H]2OCC[C@@H]12)S(=O)(=O)c1ccc(N)cc1.CC(C)CN(C[C@@H](N)[C@H](Cc1ccccc1)NC(=O)OC1CO[C@H]2OCC[C@@H]12)S(=O)(=O)c1ccc([N+](=O)[O-])cc1. The highest BCUT2D eigenvalue weighted by Gasteiger charge is 2.45. The molecule has 22 nitrogen and oxygen atoms in total. The second-order valence-corrected chi connectivity index (χ2v) is 24.8. The first-order chi connectivity index (χ1) is 37.2. The topological polar surface area (TPSA) is 310 Å². The molecule has 8 rings (SSSR count). The van der Waals surface area contributed by atoms with Gasteiger partial charge in [0.25, 0.3) is 5.69 Å². The number of benzene rings is 4. The summed E-state index contributed by atoms with van der Waals surface area (Å²) in [4.78, 5) is 36.5. The predicted octanol–water partition coefficient (Wildman–Crippen LogP) is 5.01. The Bertz CT molecular complexity index is 2800. The number of carbonyl (C=O) groups is 2. The number of nitro benzene ring substituents is 1. The van der Waals surface area contributed by atoms with Crippen LogP contribution in [0.1, 0.15) is 51.7 Å². The number of nitro groups is 1. The van der Waals surface area contributed by atoms with E-state index in [1.54, 1.807) is 12.1 Å². The predicted molar refractivity (Wildman–Crippen MR) is 289 cm³/mol. The van der Waals surface area contributed by atoms with Crippen LogP contribution >= 0.6 is 0 Å². The number of hydrogen-bond donors (Lipinski definition) is 5. The Morgan fingerprint density at radius 2 is 1.00 bits per heavy atom. The largest absolute Gasteiger partial charge is 0.443 e. The number of rotatable bonds is 23. The molecule has 24 heteroatoms. The Kier molecular flexibility index (Phi) is 21.0. The van der Waals surface area contributed by atoms with Crippen LogP contribution < -0.4 is 27.8 Å². The first kappa shape index (κ1) is 59.9. The van der Waals surface area contributed by atoms with Gasteiger partial charge in [-0.15, -0.1) is 0 Å². The van der Waals surface area contributed by atoms with Gasteiger partial charge < -0.3 is 56.3 Å². The van der Waals surface area contributed by atoms with Gasteiger partial charge in [0.05, 0.1) is 65.1 Å². The molecule has 0 bridgehead atoms. The number of amides is 2. The number of carbonyl (C=O) groups excluding carboxylic acids is 2. The van der Waals surface area contributed by atoms with E-state index in [0.29, 0.717) is 31.7 Å². The summed E-state index contributed by atoms with van der Waals surface area (Å²) in [5.41, 5.74) is 21.1. The van der Waals surface area contributed by atoms with Crippen molar-refractivity contribution in [3.05, 3.63) is 130 Å². The summed E-state index contributed by atoms with van der Waals surface area (Å²) < 4.78 is 90.5. The van der Waals surface area contributed by atoms with Crippen LogP contribution in [0.15, 0.2) is 119 Å². The summed E-state index contributed by atoms with van der Waals surface area (Å²) in [6.45, 7) is 9.63. The van der Waals surface area contributed by atoms with Gasteiger partial charge in [0.2, 0.25) is 20.0 Å². The van der Waals surface area contributed by atoms with Crippen molar-refractivity contribution in [3.63, 3.8) is 0 Å². The number of nitrogens with one attached hydrogen (secondary N) is 2. The van der Waals surface area contributed by atoms with Crippen molar-refractivity contribution >= 4 is 43.6 Å². The van der Waals surface area contributed by atoms with Gasteiger partial charge >= 0.3 is 12.2 Å². The molecule has 0 aromatic heterocycles. The maximum absolute atomic E-state index is 13.6. The van der Waals surface area contributed by atoms with Crippen molar-refractivity contribution in [2.24, 2.45) is 35.1 Å². The summed E-state index contributed by atoms with van der Waals surface area (Å²) in [6.07, 6.45) is -0.562. The number of nitrogen functional groups attached to an aromatic ring is 1. The van der Waals surface area contributed by atoms with Crippen molar-refractivity contribution in [3.8, 4) is 0 Å². The van der Waals surface area contributed by atoms with E-state index in [2.05, 4.69) is 10.6 Å². The lowest BCUT2D eigenvalue weighted by atomic mass is 9.99. The lowest BCUT2D eigenvalue weighted by molar-refractivity contribution is -0.384. The molecule has 8 N–H and O–H groups in total. The highest BCUT2D eigenvalue weighted by Crippen LogP contribution is 2.34. The van der Waals surface area contributed by atoms with Crippen molar-refractivity contribution in [2.45, 2.75) is 112 Å². The van der Waals surface area contributed by atoms with Crippen LogP contribution in [0.4, 0.5) is 21.0 Å². The first-order valence-corrected chi connectivity index (χ1v) is 29.2. The maximum atomic E-state index is 13.6. The number of non-ortho nitro benzene ring substituents is 1. The summed E-state index contributed by atoms with van der Waals surface area (Å²) in [5.74, 6) is 0.00335. The smallest absolute Gasteiger partial charge is 0.407 e. The number of sulfonamides is 2. The number of anilines is 1. The average molecular weight is 1120 g/mol. The quantitative estimate of drug-likeness (QED) is 0.0370. The van der Waals surface area contributed by atoms with Crippen LogP contribution in [0.2, 0.25) is 0 Å². The van der Waals surface area contributed by atoms with Crippen LogP contribution in [0.3, 0.4) is 0 Å². The molecule has 2 amide bonds. The molecule has 4 aliphatic heterocycles. The van der Waals surface area contributed by atoms with Crippen molar-refractivity contribution in [1.82, 2.24) is 19.2 Å². The summed E-state index contributed by atoms with van der Waals surface area (Å²) >= 11 is 0. The molecule has 0 aliphatic carbocycles. The molecular weight excluding hydrogens is 1050 g/mol. The third-order valence-electron chi connectivity index (χ3n) is 13.9. The van der Waals surface area contributed by atoms with Crippen molar-refractivity contribution < 1.29 is 59.8 Å². The Labute approximate surface area is 456 Å². The zero-order valence-electron chi connectivity index (χ0n) is 44.4. The second-order valence-electron chi connectivity index (χ2n) is 20.9. The van der Waals surface area contributed by atoms with E-state index in [-0.39, 0.29) is 91.1 Å². The normalized spacial score (nSPS) is 22.5. The van der Waals surface area contributed by atoms with E-state index in [9.17, 15) is 36.5 Å². The molecule has 4 aromatic rings. The molecule has 2 unspecified atom stereocenters. The number of ether oxygens (including phenoxy) is 6. The minimum Gasteiger partial charge on any atom is -0.443 e. The molecule has 0 saturated carbocycles. The van der Waals surface area contributed by atoms with E-state index in [1.165, 1.54) is 32.9 Å². The number of alkyl carbamates (subject to hydrolysis) is 2. The van der Waals surface area contributed by atoms with Gasteiger partial charge in [-0.05, 0) is 85.0 Å². The molecule has 4 aromatic carbocycles. The highest BCUT2D eigenvalue weighted by atomic mass is 32.2. The van der Waals surface area contributed by atoms with Crippen LogP contribution in [-0.2, 0) is 61.3 Å². The summed E-state index contributed by atoms with van der Waals surface area (Å²) in [6, 6.07) is 27.1. The zero-order chi connectivity index (χ0) is 56.1. The number of fused-ring (bicyclic) bond motifs is 2. The molecule has 4 fully saturated rings. The maximum Gasteiger partial charge on any atom is 0.407 e. The summed E-state index contributed by atoms with van der Waals surface area (Å²) in [5, 5.41) is 16.8. The first-order valence-electron chi connectivity index (χ1n) is 26.3. The van der Waals surface area contributed by atoms with Gasteiger partial charge in [0, 0.05) is 56.1 Å². The van der Waals surface area contributed by atoms with Gasteiger partial charge in [0.1, 0.15) is 12.2 Å². The van der Waals surface area contributed by atoms with E-state index in [4.69, 9.17) is 45.6 Å². The minimum atomic E-state index is -4.04. The standard InChI is InChI=1S/C27H36N4O8S.C27H38N4O6S/c1-18(2)15-30(40(35,36)21-10-8-20(9-11-21)31(33)34)16-23(28)24(14-19-6-4-3-5-7-19)29-27(32)39-25-17-38-26-22(25)12-13-37-26;1-18(2)15-31(38(33,34)21-10-8-20(28)9-11-21)16-23(29)24(14-19-6-4-3-5-7-19)30-27(32)37-25-17-36-26-22(25)12-13-35-26/h3-11,18,22-26H,12-17,28H2,1-2H3,(H,29,32);3-11,18,22-26H,12-17,28-29H2,1-2H3,(H,30,32)/t2*22-,23+,24-,25?,26+/m00/s1. The van der Waals surface area contributed by atoms with Gasteiger partial charge in [-0.3, -0.25) is 10.1 Å². The van der Waals surface area contributed by atoms with Crippen molar-refractivity contribution in [1.29, 1.82) is 0 Å². The molecule has 0 spiro atoms. The van der Waals surface area contributed by atoms with Crippen LogP contribution in [0, 0.1) is 33.8 Å². The number of nitrogens with two attached hydrogens (primary N) is 3. The van der Waals surface area contributed by atoms with E-state index in [0.717, 1.165) is 36.1 Å². The minimum absolute atomic E-state index is 0.00769. The fourth-order valence-corrected chi connectivity index (χ4v) is 13.1. The average Bonchev–Trinajstić information content (AvgIpc) is 4.28. The third kappa shape index (κ3) is 16.2. The fourth-order valence-electron chi connectivity index (χ4n) is 9.85. The molecule has 0 radical (unpaired) electrons. The molecule has 426 valence electrons. The lowest BCUT2D eigenvalue weighted by Crippen LogP contribution is -2.55. The Morgan fingerprint density at radius 3 is 1.37 bits per heavy atom. The van der Waals surface area contributed by atoms with Crippen LogP contribution in [-0.4, -0.2) is 144 Å². The monoisotopic (exact) mass is 1120 g/mol.